The fourth-order valence-electron chi connectivity index (χ4n) is 6.14. The molecule has 1 aromatic carbocycles. The molecule has 6 rings (SSSR count). The topological polar surface area (TPSA) is 211 Å². The number of likely N-dealkylation sites (tertiary alicyclic amines) is 1. The number of nitrogens with two attached hydrogens (primary N) is 1. The van der Waals surface area contributed by atoms with Gasteiger partial charge in [-0.05, 0) is 66.3 Å². The molecule has 1 aliphatic heterocycles. The van der Waals surface area contributed by atoms with Crippen molar-refractivity contribution in [3.05, 3.63) is 72.0 Å². The molecule has 4 heterocycles. The number of nitrogens with zero attached hydrogens (tertiary/aromatic N) is 5. The second kappa shape index (κ2) is 15.7. The van der Waals surface area contributed by atoms with Crippen molar-refractivity contribution < 1.29 is 37.5 Å². The molecule has 17 heteroatoms. The Bertz CT molecular complexity index is 2000. The number of amides is 3. The van der Waals surface area contributed by atoms with E-state index in [4.69, 9.17) is 10.2 Å². The van der Waals surface area contributed by atoms with Crippen LogP contribution < -0.4 is 21.7 Å². The summed E-state index contributed by atoms with van der Waals surface area (Å²) in [6.45, 7) is 6.44. The molecule has 1 saturated carbocycles. The molecule has 0 spiro atoms. The molecule has 286 valence electrons. The third-order valence-electron chi connectivity index (χ3n) is 9.51. The van der Waals surface area contributed by atoms with Gasteiger partial charge in [-0.1, -0.05) is 32.9 Å². The van der Waals surface area contributed by atoms with Crippen molar-refractivity contribution in [1.82, 2.24) is 30.0 Å². The van der Waals surface area contributed by atoms with E-state index >= 15 is 0 Å². The van der Waals surface area contributed by atoms with Crippen LogP contribution in [0.1, 0.15) is 74.6 Å². The van der Waals surface area contributed by atoms with E-state index in [0.717, 1.165) is 12.8 Å². The summed E-state index contributed by atoms with van der Waals surface area (Å²) in [5.74, 6) is -1.59. The first-order valence-corrected chi connectivity index (χ1v) is 17.7. The van der Waals surface area contributed by atoms with E-state index in [9.17, 15) is 33.1 Å². The monoisotopic (exact) mass is 747 g/mol. The van der Waals surface area contributed by atoms with Crippen LogP contribution in [0.2, 0.25) is 0 Å². The molecule has 0 bridgehead atoms. The molecule has 0 radical (unpaired) electrons. The zero-order chi connectivity index (χ0) is 38.7. The normalized spacial score (nSPS) is 17.7. The highest BCUT2D eigenvalue weighted by Crippen LogP contribution is 2.31. The van der Waals surface area contributed by atoms with Crippen molar-refractivity contribution in [3.63, 3.8) is 0 Å². The van der Waals surface area contributed by atoms with E-state index < -0.39 is 59.2 Å². The quantitative estimate of drug-likeness (QED) is 0.120. The van der Waals surface area contributed by atoms with Crippen molar-refractivity contribution in [3.8, 4) is 17.1 Å². The minimum absolute atomic E-state index is 0.0761. The van der Waals surface area contributed by atoms with Gasteiger partial charge in [-0.2, -0.15) is 5.10 Å². The van der Waals surface area contributed by atoms with Crippen molar-refractivity contribution >= 4 is 35.2 Å². The van der Waals surface area contributed by atoms with E-state index in [1.54, 1.807) is 42.6 Å². The second-order valence-corrected chi connectivity index (χ2v) is 14.9. The SMILES string of the molecule is CC(C)(C)C(N)C(=O)N1C[C@@H](CC(=O)O)C[C@H]1C(=O)NCc1ccc(-n2cc(NC(=O)c3coc(-c4ccnc(NCC5CC5)c4)n3)c(C(F)F)n2)cc1. The average Bonchev–Trinajstić information content (AvgIpc) is 3.47. The van der Waals surface area contributed by atoms with Gasteiger partial charge in [-0.15, -0.1) is 0 Å². The van der Waals surface area contributed by atoms with Gasteiger partial charge in [0, 0.05) is 37.8 Å². The fourth-order valence-corrected chi connectivity index (χ4v) is 6.14. The molecular formula is C37H43F2N9O6. The predicted octanol–water partition coefficient (Wildman–Crippen LogP) is 4.62. The van der Waals surface area contributed by atoms with Gasteiger partial charge in [0.05, 0.1) is 23.6 Å². The highest BCUT2D eigenvalue weighted by molar-refractivity contribution is 6.03. The van der Waals surface area contributed by atoms with Gasteiger partial charge in [-0.25, -0.2) is 23.4 Å². The number of aliphatic carboxylic acids is 1. The van der Waals surface area contributed by atoms with Gasteiger partial charge in [0.15, 0.2) is 11.4 Å². The summed E-state index contributed by atoms with van der Waals surface area (Å²) in [7, 11) is 0. The van der Waals surface area contributed by atoms with Crippen molar-refractivity contribution in [2.75, 3.05) is 23.7 Å². The highest BCUT2D eigenvalue weighted by Gasteiger charge is 2.43. The van der Waals surface area contributed by atoms with Gasteiger partial charge in [0.25, 0.3) is 12.3 Å². The number of carbonyl (C=O) groups is 4. The smallest absolute Gasteiger partial charge is 0.303 e. The van der Waals surface area contributed by atoms with Crippen LogP contribution in [-0.2, 0) is 20.9 Å². The minimum Gasteiger partial charge on any atom is -0.481 e. The number of anilines is 2. The number of benzene rings is 1. The lowest BCUT2D eigenvalue weighted by Gasteiger charge is -2.32. The van der Waals surface area contributed by atoms with Crippen LogP contribution in [0.3, 0.4) is 0 Å². The van der Waals surface area contributed by atoms with Crippen LogP contribution in [0.4, 0.5) is 20.3 Å². The first kappa shape index (κ1) is 38.0. The maximum atomic E-state index is 14.0. The summed E-state index contributed by atoms with van der Waals surface area (Å²) >= 11 is 0. The molecule has 15 nitrogen and oxygen atoms in total. The third kappa shape index (κ3) is 9.07. The fraction of sp³-hybridized carbons (Fsp3) is 0.432. The Morgan fingerprint density at radius 2 is 1.83 bits per heavy atom. The molecule has 3 atom stereocenters. The summed E-state index contributed by atoms with van der Waals surface area (Å²) in [5.41, 5.74) is 6.32. The third-order valence-corrected chi connectivity index (χ3v) is 9.51. The molecular weight excluding hydrogens is 704 g/mol. The summed E-state index contributed by atoms with van der Waals surface area (Å²) in [6.07, 6.45) is 3.38. The number of carboxylic acids is 1. The van der Waals surface area contributed by atoms with Crippen molar-refractivity contribution in [2.24, 2.45) is 23.0 Å². The molecule has 4 aromatic rings. The van der Waals surface area contributed by atoms with Crippen LogP contribution in [0.5, 0.6) is 0 Å². The number of alkyl halides is 2. The molecule has 3 amide bonds. The van der Waals surface area contributed by atoms with Gasteiger partial charge >= 0.3 is 5.97 Å². The molecule has 54 heavy (non-hydrogen) atoms. The first-order valence-electron chi connectivity index (χ1n) is 17.7. The largest absolute Gasteiger partial charge is 0.481 e. The number of carboxylic acid groups (broad SMARTS) is 1. The Morgan fingerprint density at radius 3 is 2.50 bits per heavy atom. The predicted molar refractivity (Wildman–Crippen MR) is 193 cm³/mol. The number of hydrogen-bond acceptors (Lipinski definition) is 10. The van der Waals surface area contributed by atoms with Gasteiger partial charge in [-0.3, -0.25) is 19.2 Å². The Balaban J connectivity index is 1.09. The zero-order valence-electron chi connectivity index (χ0n) is 30.1. The molecule has 3 aromatic heterocycles. The van der Waals surface area contributed by atoms with E-state index in [1.807, 2.05) is 20.8 Å². The van der Waals surface area contributed by atoms with E-state index in [2.05, 4.69) is 31.0 Å². The van der Waals surface area contributed by atoms with Crippen LogP contribution in [-0.4, -0.2) is 78.6 Å². The number of pyridine rings is 1. The molecule has 6 N–H and O–H groups in total. The number of carbonyl (C=O) groups excluding carboxylic acids is 3. The van der Waals surface area contributed by atoms with Crippen LogP contribution in [0.25, 0.3) is 17.1 Å². The summed E-state index contributed by atoms with van der Waals surface area (Å²) in [4.78, 5) is 61.0. The molecule has 1 saturated heterocycles. The maximum absolute atomic E-state index is 14.0. The lowest BCUT2D eigenvalue weighted by Crippen LogP contribution is -2.54. The van der Waals surface area contributed by atoms with Crippen LogP contribution in [0.15, 0.2) is 59.5 Å². The number of aromatic nitrogens is 4. The lowest BCUT2D eigenvalue weighted by atomic mass is 9.86. The number of rotatable bonds is 14. The number of halogens is 2. The summed E-state index contributed by atoms with van der Waals surface area (Å²) in [6, 6.07) is 8.23. The van der Waals surface area contributed by atoms with Crippen molar-refractivity contribution in [2.45, 2.75) is 71.5 Å². The van der Waals surface area contributed by atoms with E-state index in [-0.39, 0.29) is 43.2 Å². The van der Waals surface area contributed by atoms with E-state index in [0.29, 0.717) is 28.6 Å². The number of hydrogen-bond donors (Lipinski definition) is 5. The highest BCUT2D eigenvalue weighted by atomic mass is 19.3. The minimum atomic E-state index is -3.00. The molecule has 1 aliphatic carbocycles. The number of oxazole rings is 1. The van der Waals surface area contributed by atoms with Crippen molar-refractivity contribution in [1.29, 1.82) is 0 Å². The standard InChI is InChI=1S/C37H43F2N9O6/c1-37(2,3)31(40)36(53)47-17-22(13-29(49)50)12-27(47)34(52)43-16-21-6-8-24(9-7-21)48-18-25(30(46-48)32(38)39)44-33(51)26-19-54-35(45-26)23-10-11-41-28(14-23)42-15-20-4-5-20/h6-11,14,18-20,22,27,31-32H,4-5,12-13,15-17,40H2,1-3H3,(H,41,42)(H,43,52)(H,44,51)(H,49,50)/t22-,27+,31?/m1/s1. The van der Waals surface area contributed by atoms with Crippen LogP contribution in [0, 0.1) is 17.3 Å². The summed E-state index contributed by atoms with van der Waals surface area (Å²) < 4.78 is 34.8. The van der Waals surface area contributed by atoms with Gasteiger partial charge in [0.2, 0.25) is 17.7 Å². The second-order valence-electron chi connectivity index (χ2n) is 14.9. The van der Waals surface area contributed by atoms with Gasteiger partial charge in [0.1, 0.15) is 18.1 Å². The van der Waals surface area contributed by atoms with E-state index in [1.165, 1.54) is 28.6 Å². The Hall–Kier alpha value is -5.71. The average molecular weight is 748 g/mol. The Labute approximate surface area is 309 Å². The zero-order valence-corrected chi connectivity index (χ0v) is 30.1. The maximum Gasteiger partial charge on any atom is 0.303 e. The Kier molecular flexibility index (Phi) is 11.1. The Morgan fingerprint density at radius 1 is 1.09 bits per heavy atom. The van der Waals surface area contributed by atoms with Crippen LogP contribution >= 0.6 is 0 Å². The van der Waals surface area contributed by atoms with Gasteiger partial charge < -0.3 is 36.1 Å². The molecule has 2 aliphatic rings. The lowest BCUT2D eigenvalue weighted by molar-refractivity contribution is -0.141. The molecule has 1 unspecified atom stereocenters. The number of nitrogens with one attached hydrogen (secondary N) is 3. The first-order chi connectivity index (χ1) is 25.7. The molecule has 2 fully saturated rings. The summed E-state index contributed by atoms with van der Waals surface area (Å²) in [5, 5.41) is 21.9.